The minimum atomic E-state index is -3.27. The third-order valence-corrected chi connectivity index (χ3v) is 6.03. The van der Waals surface area contributed by atoms with Crippen molar-refractivity contribution in [3.63, 3.8) is 0 Å². The van der Waals surface area contributed by atoms with Gasteiger partial charge in [0.05, 0.1) is 37.7 Å². The number of sulfonamides is 1. The van der Waals surface area contributed by atoms with Crippen LogP contribution < -0.4 is 9.46 Å². The first-order valence-corrected chi connectivity index (χ1v) is 12.0. The minimum absolute atomic E-state index is 0.0372. The maximum atomic E-state index is 11.4. The monoisotopic (exact) mass is 432 g/mol. The number of nitrogens with zero attached hydrogens (tertiary/aromatic N) is 1. The van der Waals surface area contributed by atoms with Crippen molar-refractivity contribution in [1.82, 2.24) is 9.62 Å². The molecule has 2 aliphatic heterocycles. The molecular weight excluding hydrogens is 404 g/mol. The Bertz CT molecular complexity index is 904. The lowest BCUT2D eigenvalue weighted by atomic mass is 10.2. The van der Waals surface area contributed by atoms with Gasteiger partial charge in [-0.1, -0.05) is 42.5 Å². The molecule has 8 heteroatoms. The second kappa shape index (κ2) is 9.45. The first kappa shape index (κ1) is 21.3. The van der Waals surface area contributed by atoms with Gasteiger partial charge >= 0.3 is 0 Å². The van der Waals surface area contributed by atoms with Gasteiger partial charge in [-0.25, -0.2) is 13.1 Å². The molecule has 2 atom stereocenters. The van der Waals surface area contributed by atoms with Crippen LogP contribution in [-0.2, 0) is 32.6 Å². The molecule has 7 nitrogen and oxygen atoms in total. The van der Waals surface area contributed by atoms with Gasteiger partial charge in [0, 0.05) is 19.6 Å². The highest BCUT2D eigenvalue weighted by atomic mass is 32.2. The minimum Gasteiger partial charge on any atom is -0.489 e. The Hall–Kier alpha value is -1.97. The number of hydrogen-bond donors (Lipinski definition) is 1. The summed E-state index contributed by atoms with van der Waals surface area (Å²) in [5, 5.41) is 0. The van der Waals surface area contributed by atoms with E-state index in [1.165, 1.54) is 5.56 Å². The van der Waals surface area contributed by atoms with Gasteiger partial charge in [-0.3, -0.25) is 4.90 Å². The van der Waals surface area contributed by atoms with Crippen LogP contribution in [-0.4, -0.2) is 64.1 Å². The molecule has 30 heavy (non-hydrogen) atoms. The van der Waals surface area contributed by atoms with E-state index in [0.29, 0.717) is 19.8 Å². The molecule has 2 fully saturated rings. The molecule has 0 radical (unpaired) electrons. The summed E-state index contributed by atoms with van der Waals surface area (Å²) in [6.07, 6.45) is 1.08. The first-order valence-electron chi connectivity index (χ1n) is 10.1. The molecule has 2 aromatic carbocycles. The molecule has 2 aromatic rings. The van der Waals surface area contributed by atoms with E-state index in [1.54, 1.807) is 0 Å². The van der Waals surface area contributed by atoms with E-state index in [2.05, 4.69) is 21.8 Å². The van der Waals surface area contributed by atoms with Crippen LogP contribution in [0.1, 0.15) is 11.1 Å². The molecule has 2 heterocycles. The molecular formula is C22H28N2O5S. The van der Waals surface area contributed by atoms with Crippen molar-refractivity contribution in [1.29, 1.82) is 0 Å². The summed E-state index contributed by atoms with van der Waals surface area (Å²) in [4.78, 5) is 2.31. The smallest absolute Gasteiger partial charge is 0.209 e. The van der Waals surface area contributed by atoms with Crippen LogP contribution in [0.5, 0.6) is 5.75 Å². The molecule has 2 saturated heterocycles. The van der Waals surface area contributed by atoms with Gasteiger partial charge in [0.25, 0.3) is 0 Å². The van der Waals surface area contributed by atoms with Crippen molar-refractivity contribution in [3.05, 3.63) is 65.7 Å². The van der Waals surface area contributed by atoms with Crippen LogP contribution in [0.25, 0.3) is 0 Å². The number of hydrogen-bond acceptors (Lipinski definition) is 6. The molecule has 0 aliphatic carbocycles. The standard InChI is InChI=1S/C22H28N2O5S/c1-30(25,26)23-19-15-28-21-12-24(13-22(21)29-16-19)11-17-7-9-20(10-8-17)27-14-18-5-3-2-4-6-18/h2-10,19,21-23H,11-16H2,1H3/t21-,22-/m0/s1. The van der Waals surface area contributed by atoms with Gasteiger partial charge in [-0.2, -0.15) is 0 Å². The van der Waals surface area contributed by atoms with Crippen molar-refractivity contribution in [2.75, 3.05) is 32.6 Å². The topological polar surface area (TPSA) is 77.1 Å². The second-order valence-corrected chi connectivity index (χ2v) is 9.72. The molecule has 162 valence electrons. The van der Waals surface area contributed by atoms with E-state index in [9.17, 15) is 8.42 Å². The van der Waals surface area contributed by atoms with Crippen LogP contribution in [0.3, 0.4) is 0 Å². The molecule has 0 unspecified atom stereocenters. The zero-order valence-corrected chi connectivity index (χ0v) is 17.9. The van der Waals surface area contributed by atoms with Gasteiger partial charge in [-0.15, -0.1) is 0 Å². The average Bonchev–Trinajstić information content (AvgIpc) is 3.02. The van der Waals surface area contributed by atoms with Crippen molar-refractivity contribution < 1.29 is 22.6 Å². The molecule has 1 N–H and O–H groups in total. The third-order valence-electron chi connectivity index (χ3n) is 5.27. The summed E-state index contributed by atoms with van der Waals surface area (Å²) in [5.41, 5.74) is 2.35. The van der Waals surface area contributed by atoms with Crippen LogP contribution in [0.2, 0.25) is 0 Å². The Morgan fingerprint density at radius 3 is 2.20 bits per heavy atom. The van der Waals surface area contributed by atoms with E-state index in [4.69, 9.17) is 14.2 Å². The van der Waals surface area contributed by atoms with Gasteiger partial charge in [0.15, 0.2) is 0 Å². The Morgan fingerprint density at radius 2 is 1.60 bits per heavy atom. The average molecular weight is 433 g/mol. The van der Waals surface area contributed by atoms with Crippen molar-refractivity contribution in [2.24, 2.45) is 0 Å². The molecule has 0 saturated carbocycles. The van der Waals surface area contributed by atoms with Crippen LogP contribution in [0.4, 0.5) is 0 Å². The first-order chi connectivity index (χ1) is 14.4. The van der Waals surface area contributed by atoms with Gasteiger partial charge in [0.2, 0.25) is 10.0 Å². The van der Waals surface area contributed by atoms with E-state index in [-0.39, 0.29) is 18.2 Å². The Labute approximate surface area is 178 Å². The highest BCUT2D eigenvalue weighted by Crippen LogP contribution is 2.23. The van der Waals surface area contributed by atoms with E-state index in [0.717, 1.165) is 37.2 Å². The fourth-order valence-corrected chi connectivity index (χ4v) is 4.60. The fraction of sp³-hybridized carbons (Fsp3) is 0.455. The van der Waals surface area contributed by atoms with E-state index < -0.39 is 10.0 Å². The second-order valence-electron chi connectivity index (χ2n) is 7.94. The van der Waals surface area contributed by atoms with E-state index >= 15 is 0 Å². The lowest BCUT2D eigenvalue weighted by Crippen LogP contribution is -2.40. The zero-order chi connectivity index (χ0) is 21.0. The molecule has 4 rings (SSSR count). The zero-order valence-electron chi connectivity index (χ0n) is 17.1. The maximum Gasteiger partial charge on any atom is 0.209 e. The number of nitrogens with one attached hydrogen (secondary N) is 1. The predicted octanol–water partition coefficient (Wildman–Crippen LogP) is 1.78. The van der Waals surface area contributed by atoms with E-state index in [1.807, 2.05) is 42.5 Å². The highest BCUT2D eigenvalue weighted by Gasteiger charge is 2.37. The van der Waals surface area contributed by atoms with Crippen molar-refractivity contribution in [3.8, 4) is 5.75 Å². The van der Waals surface area contributed by atoms with Crippen LogP contribution >= 0.6 is 0 Å². The van der Waals surface area contributed by atoms with Gasteiger partial charge in [0.1, 0.15) is 12.4 Å². The molecule has 0 aromatic heterocycles. The van der Waals surface area contributed by atoms with Gasteiger partial charge in [-0.05, 0) is 23.3 Å². The highest BCUT2D eigenvalue weighted by molar-refractivity contribution is 7.88. The fourth-order valence-electron chi connectivity index (χ4n) is 3.86. The number of fused-ring (bicyclic) bond motifs is 1. The maximum absolute atomic E-state index is 11.4. The molecule has 0 amide bonds. The van der Waals surface area contributed by atoms with Crippen molar-refractivity contribution in [2.45, 2.75) is 31.4 Å². The number of ether oxygens (including phenoxy) is 3. The summed E-state index contributed by atoms with van der Waals surface area (Å²) < 4.78 is 43.1. The quantitative estimate of drug-likeness (QED) is 0.719. The number of rotatable bonds is 7. The summed E-state index contributed by atoms with van der Waals surface area (Å²) in [6, 6.07) is 17.9. The third kappa shape index (κ3) is 6.02. The SMILES string of the molecule is CS(=O)(=O)NC1CO[C@H]2CN(Cc3ccc(OCc4ccccc4)cc3)C[C@@H]2OC1. The summed E-state index contributed by atoms with van der Waals surface area (Å²) >= 11 is 0. The normalized spacial score (nSPS) is 23.1. The van der Waals surface area contributed by atoms with Gasteiger partial charge < -0.3 is 14.2 Å². The van der Waals surface area contributed by atoms with Crippen LogP contribution in [0, 0.1) is 0 Å². The summed E-state index contributed by atoms with van der Waals surface area (Å²) in [6.45, 7) is 3.55. The molecule has 0 spiro atoms. The number of benzene rings is 2. The number of likely N-dealkylation sites (tertiary alicyclic amines) is 1. The Balaban J connectivity index is 1.25. The Morgan fingerprint density at radius 1 is 0.967 bits per heavy atom. The Kier molecular flexibility index (Phi) is 6.70. The largest absolute Gasteiger partial charge is 0.489 e. The van der Waals surface area contributed by atoms with Crippen molar-refractivity contribution >= 4 is 10.0 Å². The summed E-state index contributed by atoms with van der Waals surface area (Å²) in [7, 11) is -3.27. The molecule has 2 aliphatic rings. The lowest BCUT2D eigenvalue weighted by molar-refractivity contribution is -0.00461. The van der Waals surface area contributed by atoms with Crippen LogP contribution in [0.15, 0.2) is 54.6 Å². The predicted molar refractivity (Wildman–Crippen MR) is 114 cm³/mol. The molecule has 0 bridgehead atoms. The lowest BCUT2D eigenvalue weighted by Gasteiger charge is -2.18. The summed E-state index contributed by atoms with van der Waals surface area (Å²) in [5.74, 6) is 0.852.